The van der Waals surface area contributed by atoms with Crippen LogP contribution in [-0.2, 0) is 9.53 Å². The van der Waals surface area contributed by atoms with Gasteiger partial charge < -0.3 is 10.1 Å². The van der Waals surface area contributed by atoms with E-state index < -0.39 is 0 Å². The Morgan fingerprint density at radius 3 is 2.62 bits per heavy atom. The highest BCUT2D eigenvalue weighted by Crippen LogP contribution is 1.90. The van der Waals surface area contributed by atoms with Crippen molar-refractivity contribution in [3.05, 3.63) is 0 Å². The molecule has 0 aliphatic rings. The zero-order valence-electron chi connectivity index (χ0n) is 8.46. The van der Waals surface area contributed by atoms with E-state index >= 15 is 0 Å². The second-order valence-corrected chi connectivity index (χ2v) is 3.23. The number of rotatable bonds is 5. The molecule has 3 nitrogen and oxygen atoms in total. The molecule has 0 bridgehead atoms. The Labute approximate surface area is 79.8 Å². The monoisotopic (exact) mass is 183 g/mol. The molecular formula is C10H17NO2. The third kappa shape index (κ3) is 7.35. The smallest absolute Gasteiger partial charge is 0.320 e. The Hall–Kier alpha value is -1.01. The zero-order valence-corrected chi connectivity index (χ0v) is 8.46. The minimum atomic E-state index is -0.237. The summed E-state index contributed by atoms with van der Waals surface area (Å²) in [4.78, 5) is 11.0. The first-order valence-corrected chi connectivity index (χ1v) is 4.42. The van der Waals surface area contributed by atoms with Crippen molar-refractivity contribution >= 4 is 5.97 Å². The lowest BCUT2D eigenvalue weighted by atomic mass is 10.2. The SMILES string of the molecule is C#CCC(C)NCC(=O)OC(C)C. The van der Waals surface area contributed by atoms with E-state index in [0.717, 1.165) is 0 Å². The van der Waals surface area contributed by atoms with Crippen molar-refractivity contribution in [3.8, 4) is 12.3 Å². The van der Waals surface area contributed by atoms with Gasteiger partial charge in [-0.1, -0.05) is 0 Å². The molecule has 74 valence electrons. The van der Waals surface area contributed by atoms with Crippen LogP contribution >= 0.6 is 0 Å². The molecular weight excluding hydrogens is 166 g/mol. The maximum Gasteiger partial charge on any atom is 0.320 e. The minimum absolute atomic E-state index is 0.0581. The van der Waals surface area contributed by atoms with Gasteiger partial charge in [0.05, 0.1) is 12.6 Å². The van der Waals surface area contributed by atoms with E-state index in [9.17, 15) is 4.79 Å². The molecule has 0 fully saturated rings. The lowest BCUT2D eigenvalue weighted by Gasteiger charge is -2.11. The van der Waals surface area contributed by atoms with Crippen molar-refractivity contribution < 1.29 is 9.53 Å². The van der Waals surface area contributed by atoms with Crippen LogP contribution in [0.2, 0.25) is 0 Å². The molecule has 0 heterocycles. The summed E-state index contributed by atoms with van der Waals surface area (Å²) in [7, 11) is 0. The maximum absolute atomic E-state index is 11.0. The molecule has 0 aliphatic heterocycles. The fraction of sp³-hybridized carbons (Fsp3) is 0.700. The van der Waals surface area contributed by atoms with Crippen LogP contribution in [0, 0.1) is 12.3 Å². The fourth-order valence-electron chi connectivity index (χ4n) is 0.811. The van der Waals surface area contributed by atoms with Crippen LogP contribution < -0.4 is 5.32 Å². The summed E-state index contributed by atoms with van der Waals surface area (Å²) in [5.74, 6) is 2.28. The Morgan fingerprint density at radius 2 is 2.15 bits per heavy atom. The van der Waals surface area contributed by atoms with Crippen molar-refractivity contribution in [1.82, 2.24) is 5.32 Å². The van der Waals surface area contributed by atoms with Gasteiger partial charge in [0.2, 0.25) is 0 Å². The molecule has 0 rings (SSSR count). The van der Waals surface area contributed by atoms with Gasteiger partial charge in [0, 0.05) is 12.5 Å². The van der Waals surface area contributed by atoms with Crippen LogP contribution in [0.3, 0.4) is 0 Å². The quantitative estimate of drug-likeness (QED) is 0.509. The predicted molar refractivity (Wildman–Crippen MR) is 52.1 cm³/mol. The molecule has 0 amide bonds. The maximum atomic E-state index is 11.0. The summed E-state index contributed by atoms with van der Waals surface area (Å²) in [5.41, 5.74) is 0. The van der Waals surface area contributed by atoms with Crippen LogP contribution in [0.4, 0.5) is 0 Å². The fourth-order valence-corrected chi connectivity index (χ4v) is 0.811. The van der Waals surface area contributed by atoms with E-state index in [1.807, 2.05) is 20.8 Å². The number of carbonyl (C=O) groups excluding carboxylic acids is 1. The highest BCUT2D eigenvalue weighted by Gasteiger charge is 2.06. The predicted octanol–water partition coefficient (Wildman–Crippen LogP) is 0.939. The van der Waals surface area contributed by atoms with Gasteiger partial charge in [-0.05, 0) is 20.8 Å². The summed E-state index contributed by atoms with van der Waals surface area (Å²) in [6, 6.07) is 0.157. The second kappa shape index (κ2) is 6.50. The molecule has 1 N–H and O–H groups in total. The van der Waals surface area contributed by atoms with E-state index in [0.29, 0.717) is 6.42 Å². The molecule has 0 aliphatic carbocycles. The largest absolute Gasteiger partial charge is 0.462 e. The number of ether oxygens (including phenoxy) is 1. The van der Waals surface area contributed by atoms with Crippen LogP contribution in [0.25, 0.3) is 0 Å². The molecule has 0 spiro atoms. The van der Waals surface area contributed by atoms with Crippen molar-refractivity contribution in [3.63, 3.8) is 0 Å². The van der Waals surface area contributed by atoms with E-state index in [2.05, 4.69) is 11.2 Å². The Bertz CT molecular complexity index is 194. The lowest BCUT2D eigenvalue weighted by molar-refractivity contribution is -0.146. The number of hydrogen-bond acceptors (Lipinski definition) is 3. The van der Waals surface area contributed by atoms with Gasteiger partial charge in [0.25, 0.3) is 0 Å². The first-order valence-electron chi connectivity index (χ1n) is 4.42. The minimum Gasteiger partial charge on any atom is -0.462 e. The summed E-state index contributed by atoms with van der Waals surface area (Å²) in [5, 5.41) is 2.97. The molecule has 13 heavy (non-hydrogen) atoms. The Balaban J connectivity index is 3.53. The molecule has 1 unspecified atom stereocenters. The van der Waals surface area contributed by atoms with Crippen molar-refractivity contribution in [2.45, 2.75) is 39.3 Å². The van der Waals surface area contributed by atoms with Crippen LogP contribution in [0.1, 0.15) is 27.2 Å². The normalized spacial score (nSPS) is 12.2. The van der Waals surface area contributed by atoms with Crippen LogP contribution in [0.15, 0.2) is 0 Å². The van der Waals surface area contributed by atoms with Crippen LogP contribution in [0.5, 0.6) is 0 Å². The standard InChI is InChI=1S/C10H17NO2/c1-5-6-9(4)11-7-10(12)13-8(2)3/h1,8-9,11H,6-7H2,2-4H3. The first-order chi connectivity index (χ1) is 6.06. The molecule has 0 radical (unpaired) electrons. The average Bonchev–Trinajstić information content (AvgIpc) is 2.00. The summed E-state index contributed by atoms with van der Waals surface area (Å²) in [6.45, 7) is 5.80. The highest BCUT2D eigenvalue weighted by molar-refractivity contribution is 5.71. The van der Waals surface area contributed by atoms with Gasteiger partial charge in [-0.3, -0.25) is 4.79 Å². The molecule has 0 saturated heterocycles. The Kier molecular flexibility index (Phi) is 5.99. The third-order valence-corrected chi connectivity index (χ3v) is 1.39. The van der Waals surface area contributed by atoms with E-state index in [4.69, 9.17) is 11.2 Å². The molecule has 0 aromatic carbocycles. The Morgan fingerprint density at radius 1 is 1.54 bits per heavy atom. The second-order valence-electron chi connectivity index (χ2n) is 3.23. The molecule has 0 saturated carbocycles. The number of nitrogens with one attached hydrogen (secondary N) is 1. The number of hydrogen-bond donors (Lipinski definition) is 1. The molecule has 0 aromatic heterocycles. The number of carbonyl (C=O) groups is 1. The summed E-state index contributed by atoms with van der Waals surface area (Å²) >= 11 is 0. The lowest BCUT2D eigenvalue weighted by Crippen LogP contribution is -2.33. The van der Waals surface area contributed by atoms with Crippen molar-refractivity contribution in [2.75, 3.05) is 6.54 Å². The van der Waals surface area contributed by atoms with Crippen molar-refractivity contribution in [1.29, 1.82) is 0 Å². The summed E-state index contributed by atoms with van der Waals surface area (Å²) in [6.07, 6.45) is 5.67. The van der Waals surface area contributed by atoms with Gasteiger partial charge >= 0.3 is 5.97 Å². The van der Waals surface area contributed by atoms with E-state index in [-0.39, 0.29) is 24.7 Å². The molecule has 1 atom stereocenters. The van der Waals surface area contributed by atoms with E-state index in [1.165, 1.54) is 0 Å². The highest BCUT2D eigenvalue weighted by atomic mass is 16.5. The zero-order chi connectivity index (χ0) is 10.3. The number of terminal acetylenes is 1. The van der Waals surface area contributed by atoms with Gasteiger partial charge in [-0.2, -0.15) is 0 Å². The van der Waals surface area contributed by atoms with Crippen molar-refractivity contribution in [2.24, 2.45) is 0 Å². The van der Waals surface area contributed by atoms with Crippen LogP contribution in [-0.4, -0.2) is 24.7 Å². The average molecular weight is 183 g/mol. The van der Waals surface area contributed by atoms with E-state index in [1.54, 1.807) is 0 Å². The van der Waals surface area contributed by atoms with Gasteiger partial charge in [0.1, 0.15) is 0 Å². The number of esters is 1. The first kappa shape index (κ1) is 12.0. The van der Waals surface area contributed by atoms with Gasteiger partial charge in [-0.25, -0.2) is 0 Å². The van der Waals surface area contributed by atoms with Gasteiger partial charge in [0.15, 0.2) is 0 Å². The van der Waals surface area contributed by atoms with Gasteiger partial charge in [-0.15, -0.1) is 12.3 Å². The summed E-state index contributed by atoms with van der Waals surface area (Å²) < 4.78 is 4.93. The molecule has 3 heteroatoms. The third-order valence-electron chi connectivity index (χ3n) is 1.39. The molecule has 0 aromatic rings. The topological polar surface area (TPSA) is 38.3 Å².